The van der Waals surface area contributed by atoms with Gasteiger partial charge in [0, 0.05) is 25.5 Å². The smallest absolute Gasteiger partial charge is 0.109 e. The van der Waals surface area contributed by atoms with Crippen molar-refractivity contribution in [2.75, 3.05) is 0 Å². The molecule has 5 heteroatoms. The molecular formula is C14H17ClN2O2. The number of halogens is 1. The van der Waals surface area contributed by atoms with E-state index in [1.54, 1.807) is 10.9 Å². The molecule has 1 N–H and O–H groups in total. The fourth-order valence-electron chi connectivity index (χ4n) is 2.96. The molecule has 102 valence electrons. The van der Waals surface area contributed by atoms with Crippen LogP contribution in [-0.4, -0.2) is 14.9 Å². The maximum absolute atomic E-state index is 11.0. The minimum absolute atomic E-state index is 0.468. The molecule has 0 radical (unpaired) electrons. The number of hydrogen-bond donors (Lipinski definition) is 1. The standard InChI is InChI=1S/C14H17ClN2O2/c1-9-13(15)11(17(2)16-9)8-14(18)6-3-4-12-10(14)5-7-19-12/h5,7,18H,3-4,6,8H2,1-2H3. The van der Waals surface area contributed by atoms with Crippen molar-refractivity contribution in [2.24, 2.45) is 7.05 Å². The van der Waals surface area contributed by atoms with E-state index in [9.17, 15) is 5.11 Å². The fourth-order valence-corrected chi connectivity index (χ4v) is 3.18. The van der Waals surface area contributed by atoms with Gasteiger partial charge in [-0.05, 0) is 25.8 Å². The van der Waals surface area contributed by atoms with E-state index in [4.69, 9.17) is 16.0 Å². The van der Waals surface area contributed by atoms with Crippen LogP contribution in [0.3, 0.4) is 0 Å². The second kappa shape index (κ2) is 4.39. The van der Waals surface area contributed by atoms with E-state index in [1.165, 1.54) is 0 Å². The highest BCUT2D eigenvalue weighted by Gasteiger charge is 2.37. The fraction of sp³-hybridized carbons (Fsp3) is 0.500. The van der Waals surface area contributed by atoms with Crippen LogP contribution in [-0.2, 0) is 25.5 Å². The highest BCUT2D eigenvalue weighted by Crippen LogP contribution is 2.39. The first kappa shape index (κ1) is 12.8. The number of aliphatic hydroxyl groups is 1. The summed E-state index contributed by atoms with van der Waals surface area (Å²) < 4.78 is 7.19. The number of aromatic nitrogens is 2. The SMILES string of the molecule is Cc1nn(C)c(CC2(O)CCCc3occc32)c1Cl. The van der Waals surface area contributed by atoms with Gasteiger partial charge < -0.3 is 9.52 Å². The van der Waals surface area contributed by atoms with E-state index in [0.29, 0.717) is 11.4 Å². The van der Waals surface area contributed by atoms with Gasteiger partial charge in [-0.25, -0.2) is 0 Å². The van der Waals surface area contributed by atoms with Crippen LogP contribution in [0, 0.1) is 6.92 Å². The van der Waals surface area contributed by atoms with E-state index in [1.807, 2.05) is 20.0 Å². The molecule has 0 fully saturated rings. The number of furan rings is 1. The van der Waals surface area contributed by atoms with Crippen molar-refractivity contribution in [3.63, 3.8) is 0 Å². The van der Waals surface area contributed by atoms with Crippen molar-refractivity contribution in [3.05, 3.63) is 40.1 Å². The largest absolute Gasteiger partial charge is 0.469 e. The molecule has 0 saturated carbocycles. The van der Waals surface area contributed by atoms with Crippen molar-refractivity contribution in [1.29, 1.82) is 0 Å². The van der Waals surface area contributed by atoms with E-state index in [0.717, 1.165) is 42.0 Å². The van der Waals surface area contributed by atoms with Gasteiger partial charge in [0.25, 0.3) is 0 Å². The van der Waals surface area contributed by atoms with Crippen LogP contribution >= 0.6 is 11.6 Å². The van der Waals surface area contributed by atoms with Gasteiger partial charge >= 0.3 is 0 Å². The summed E-state index contributed by atoms with van der Waals surface area (Å²) in [5.74, 6) is 0.892. The molecule has 2 aromatic rings. The van der Waals surface area contributed by atoms with Gasteiger partial charge in [-0.2, -0.15) is 5.10 Å². The van der Waals surface area contributed by atoms with Crippen molar-refractivity contribution in [1.82, 2.24) is 9.78 Å². The molecule has 1 atom stereocenters. The van der Waals surface area contributed by atoms with Gasteiger partial charge in [-0.15, -0.1) is 0 Å². The van der Waals surface area contributed by atoms with Crippen molar-refractivity contribution in [3.8, 4) is 0 Å². The lowest BCUT2D eigenvalue weighted by molar-refractivity contribution is 0.0151. The van der Waals surface area contributed by atoms with Gasteiger partial charge in [0.2, 0.25) is 0 Å². The van der Waals surface area contributed by atoms with Crippen LogP contribution in [0.1, 0.15) is 35.6 Å². The van der Waals surface area contributed by atoms with Gasteiger partial charge in [0.05, 0.1) is 28.3 Å². The summed E-state index contributed by atoms with van der Waals surface area (Å²) in [6.07, 6.45) is 4.65. The lowest BCUT2D eigenvalue weighted by atomic mass is 9.80. The molecule has 0 amide bonds. The van der Waals surface area contributed by atoms with Crippen LogP contribution in [0.2, 0.25) is 5.02 Å². The van der Waals surface area contributed by atoms with Crippen LogP contribution in [0.25, 0.3) is 0 Å². The Labute approximate surface area is 117 Å². The summed E-state index contributed by atoms with van der Waals surface area (Å²) in [5.41, 5.74) is 1.67. The maximum atomic E-state index is 11.0. The van der Waals surface area contributed by atoms with Gasteiger partial charge in [-0.3, -0.25) is 4.68 Å². The van der Waals surface area contributed by atoms with E-state index in [2.05, 4.69) is 5.10 Å². The number of hydrogen-bond acceptors (Lipinski definition) is 3. The number of aryl methyl sites for hydroxylation is 3. The Morgan fingerprint density at radius 2 is 2.37 bits per heavy atom. The second-order valence-electron chi connectivity index (χ2n) is 5.29. The maximum Gasteiger partial charge on any atom is 0.109 e. The predicted octanol–water partition coefficient (Wildman–Crippen LogP) is 2.74. The lowest BCUT2D eigenvalue weighted by Crippen LogP contribution is -2.33. The molecule has 3 rings (SSSR count). The van der Waals surface area contributed by atoms with E-state index < -0.39 is 5.60 Å². The Kier molecular flexibility index (Phi) is 2.95. The third-order valence-corrected chi connectivity index (χ3v) is 4.45. The minimum Gasteiger partial charge on any atom is -0.469 e. The third-order valence-electron chi connectivity index (χ3n) is 3.96. The van der Waals surface area contributed by atoms with E-state index in [-0.39, 0.29) is 0 Å². The summed E-state index contributed by atoms with van der Waals surface area (Å²) in [6, 6.07) is 1.87. The van der Waals surface area contributed by atoms with Crippen molar-refractivity contribution in [2.45, 2.75) is 38.2 Å². The van der Waals surface area contributed by atoms with Gasteiger partial charge in [0.1, 0.15) is 5.76 Å². The first-order valence-corrected chi connectivity index (χ1v) is 6.86. The monoisotopic (exact) mass is 280 g/mol. The average molecular weight is 281 g/mol. The molecule has 2 heterocycles. The molecule has 0 aliphatic heterocycles. The predicted molar refractivity (Wildman–Crippen MR) is 72.2 cm³/mol. The normalized spacial score (nSPS) is 22.5. The Balaban J connectivity index is 2.00. The molecule has 4 nitrogen and oxygen atoms in total. The quantitative estimate of drug-likeness (QED) is 0.920. The lowest BCUT2D eigenvalue weighted by Gasteiger charge is -2.31. The van der Waals surface area contributed by atoms with Crippen LogP contribution in [0.15, 0.2) is 16.7 Å². The molecule has 2 aromatic heterocycles. The molecule has 19 heavy (non-hydrogen) atoms. The summed E-state index contributed by atoms with van der Waals surface area (Å²) >= 11 is 6.28. The molecule has 1 unspecified atom stereocenters. The number of fused-ring (bicyclic) bond motifs is 1. The summed E-state index contributed by atoms with van der Waals surface area (Å²) in [6.45, 7) is 1.88. The molecule has 0 saturated heterocycles. The zero-order valence-corrected chi connectivity index (χ0v) is 11.9. The first-order valence-electron chi connectivity index (χ1n) is 6.48. The Morgan fingerprint density at radius 1 is 1.58 bits per heavy atom. The topological polar surface area (TPSA) is 51.2 Å². The highest BCUT2D eigenvalue weighted by molar-refractivity contribution is 6.31. The molecule has 0 spiro atoms. The molecule has 0 aromatic carbocycles. The Hall–Kier alpha value is -1.26. The van der Waals surface area contributed by atoms with Crippen LogP contribution in [0.4, 0.5) is 0 Å². The first-order chi connectivity index (χ1) is 9.01. The zero-order valence-electron chi connectivity index (χ0n) is 11.1. The molecule has 1 aliphatic carbocycles. The van der Waals surface area contributed by atoms with Crippen LogP contribution < -0.4 is 0 Å². The molecule has 0 bridgehead atoms. The second-order valence-corrected chi connectivity index (χ2v) is 5.67. The van der Waals surface area contributed by atoms with Gasteiger partial charge in [-0.1, -0.05) is 11.6 Å². The van der Waals surface area contributed by atoms with E-state index >= 15 is 0 Å². The molecule has 1 aliphatic rings. The van der Waals surface area contributed by atoms with Crippen molar-refractivity contribution >= 4 is 11.6 Å². The summed E-state index contributed by atoms with van der Waals surface area (Å²) in [4.78, 5) is 0. The Bertz CT molecular complexity index is 617. The van der Waals surface area contributed by atoms with Gasteiger partial charge in [0.15, 0.2) is 0 Å². The summed E-state index contributed by atoms with van der Waals surface area (Å²) in [7, 11) is 1.86. The number of nitrogens with zero attached hydrogens (tertiary/aromatic N) is 2. The number of rotatable bonds is 2. The third kappa shape index (κ3) is 1.99. The van der Waals surface area contributed by atoms with Crippen molar-refractivity contribution < 1.29 is 9.52 Å². The zero-order chi connectivity index (χ0) is 13.6. The summed E-state index contributed by atoms with van der Waals surface area (Å²) in [5, 5.41) is 15.9. The molecular weight excluding hydrogens is 264 g/mol. The Morgan fingerprint density at radius 3 is 3.05 bits per heavy atom. The average Bonchev–Trinajstić information content (AvgIpc) is 2.92. The highest BCUT2D eigenvalue weighted by atomic mass is 35.5. The van der Waals surface area contributed by atoms with Crippen LogP contribution in [0.5, 0.6) is 0 Å². The minimum atomic E-state index is -0.898.